The van der Waals surface area contributed by atoms with E-state index in [0.717, 1.165) is 10.0 Å². The molecule has 2 aromatic carbocycles. The van der Waals surface area contributed by atoms with Crippen LogP contribution in [0.1, 0.15) is 24.1 Å². The van der Waals surface area contributed by atoms with Crippen LogP contribution in [0.2, 0.25) is 0 Å². The van der Waals surface area contributed by atoms with Crippen molar-refractivity contribution in [1.29, 1.82) is 0 Å². The number of nitrogens with one attached hydrogen (secondary N) is 1. The number of aromatic hydroxyl groups is 1. The number of rotatable bonds is 4. The van der Waals surface area contributed by atoms with Crippen LogP contribution in [0.5, 0.6) is 5.75 Å². The van der Waals surface area contributed by atoms with E-state index < -0.39 is 5.82 Å². The van der Waals surface area contributed by atoms with Crippen molar-refractivity contribution in [3.05, 3.63) is 63.9 Å². The maximum atomic E-state index is 13.2. The first kappa shape index (κ1) is 14.0. The number of hydrogen-bond donors (Lipinski definition) is 2. The lowest BCUT2D eigenvalue weighted by Gasteiger charge is -2.15. The lowest BCUT2D eigenvalue weighted by molar-refractivity contribution is 0.421. The molecule has 0 aromatic heterocycles. The average molecular weight is 324 g/mol. The molecule has 0 heterocycles. The second kappa shape index (κ2) is 6.17. The van der Waals surface area contributed by atoms with Gasteiger partial charge in [0.1, 0.15) is 0 Å². The van der Waals surface area contributed by atoms with Crippen LogP contribution in [0, 0.1) is 5.82 Å². The topological polar surface area (TPSA) is 32.3 Å². The zero-order chi connectivity index (χ0) is 13.8. The van der Waals surface area contributed by atoms with Crippen LogP contribution >= 0.6 is 15.9 Å². The van der Waals surface area contributed by atoms with Crippen molar-refractivity contribution < 1.29 is 9.50 Å². The van der Waals surface area contributed by atoms with Crippen molar-refractivity contribution in [2.45, 2.75) is 19.5 Å². The van der Waals surface area contributed by atoms with Crippen molar-refractivity contribution in [1.82, 2.24) is 5.32 Å². The van der Waals surface area contributed by atoms with Crippen LogP contribution in [0.4, 0.5) is 4.39 Å². The van der Waals surface area contributed by atoms with Crippen LogP contribution in [0.25, 0.3) is 0 Å². The smallest absolute Gasteiger partial charge is 0.165 e. The molecule has 0 amide bonds. The number of phenols is 1. The Morgan fingerprint density at radius 1 is 1.21 bits per heavy atom. The molecule has 1 unspecified atom stereocenters. The maximum Gasteiger partial charge on any atom is 0.165 e. The van der Waals surface area contributed by atoms with Crippen molar-refractivity contribution in [2.24, 2.45) is 0 Å². The Morgan fingerprint density at radius 2 is 1.89 bits per heavy atom. The fraction of sp³-hybridized carbons (Fsp3) is 0.200. The second-order valence-corrected chi connectivity index (χ2v) is 5.32. The molecule has 0 aliphatic carbocycles. The van der Waals surface area contributed by atoms with Gasteiger partial charge in [-0.3, -0.25) is 0 Å². The summed E-state index contributed by atoms with van der Waals surface area (Å²) in [6.07, 6.45) is 0. The highest BCUT2D eigenvalue weighted by atomic mass is 79.9. The highest BCUT2D eigenvalue weighted by Gasteiger charge is 2.09. The van der Waals surface area contributed by atoms with E-state index in [1.54, 1.807) is 12.1 Å². The SMILES string of the molecule is CC(NCc1cccc(F)c1O)c1ccc(Br)cc1. The molecule has 0 saturated carbocycles. The first-order valence-electron chi connectivity index (χ1n) is 6.03. The Morgan fingerprint density at radius 3 is 2.58 bits per heavy atom. The van der Waals surface area contributed by atoms with Gasteiger partial charge in [0.15, 0.2) is 11.6 Å². The summed E-state index contributed by atoms with van der Waals surface area (Å²) in [6.45, 7) is 2.44. The molecule has 0 saturated heterocycles. The fourth-order valence-electron chi connectivity index (χ4n) is 1.84. The van der Waals surface area contributed by atoms with E-state index in [1.807, 2.05) is 31.2 Å². The molecule has 2 aromatic rings. The van der Waals surface area contributed by atoms with Gasteiger partial charge in [0.05, 0.1) is 0 Å². The highest BCUT2D eigenvalue weighted by molar-refractivity contribution is 9.10. The number of para-hydroxylation sites is 1. The third-order valence-electron chi connectivity index (χ3n) is 3.04. The molecule has 2 nitrogen and oxygen atoms in total. The first-order chi connectivity index (χ1) is 9.08. The third-order valence-corrected chi connectivity index (χ3v) is 3.57. The standard InChI is InChI=1S/C15H15BrFNO/c1-10(11-5-7-13(16)8-6-11)18-9-12-3-2-4-14(17)15(12)19/h2-8,10,18-19H,9H2,1H3. The fourth-order valence-corrected chi connectivity index (χ4v) is 2.10. The zero-order valence-corrected chi connectivity index (χ0v) is 12.1. The van der Waals surface area contributed by atoms with Gasteiger partial charge in [0.2, 0.25) is 0 Å². The quantitative estimate of drug-likeness (QED) is 0.886. The van der Waals surface area contributed by atoms with Crippen LogP contribution < -0.4 is 5.32 Å². The summed E-state index contributed by atoms with van der Waals surface area (Å²) in [4.78, 5) is 0. The summed E-state index contributed by atoms with van der Waals surface area (Å²) in [7, 11) is 0. The molecule has 2 N–H and O–H groups in total. The third kappa shape index (κ3) is 3.55. The molecule has 19 heavy (non-hydrogen) atoms. The molecule has 0 fully saturated rings. The predicted molar refractivity (Wildman–Crippen MR) is 77.5 cm³/mol. The second-order valence-electron chi connectivity index (χ2n) is 4.40. The molecule has 0 aliphatic rings. The number of halogens is 2. The van der Waals surface area contributed by atoms with Gasteiger partial charge in [-0.2, -0.15) is 0 Å². The first-order valence-corrected chi connectivity index (χ1v) is 6.82. The van der Waals surface area contributed by atoms with Crippen molar-refractivity contribution in [3.63, 3.8) is 0 Å². The Balaban J connectivity index is 2.02. The highest BCUT2D eigenvalue weighted by Crippen LogP contribution is 2.22. The average Bonchev–Trinajstić information content (AvgIpc) is 2.41. The Labute approximate surface area is 120 Å². The van der Waals surface area contributed by atoms with Gasteiger partial charge in [-0.05, 0) is 30.7 Å². The monoisotopic (exact) mass is 323 g/mol. The van der Waals surface area contributed by atoms with Crippen LogP contribution in [0.15, 0.2) is 46.9 Å². The van der Waals surface area contributed by atoms with E-state index >= 15 is 0 Å². The molecule has 0 radical (unpaired) electrons. The lowest BCUT2D eigenvalue weighted by Crippen LogP contribution is -2.18. The molecule has 2 rings (SSSR count). The summed E-state index contributed by atoms with van der Waals surface area (Å²) >= 11 is 3.39. The van der Waals surface area contributed by atoms with E-state index in [1.165, 1.54) is 6.07 Å². The van der Waals surface area contributed by atoms with Crippen molar-refractivity contribution >= 4 is 15.9 Å². The zero-order valence-electron chi connectivity index (χ0n) is 10.5. The summed E-state index contributed by atoms with van der Waals surface area (Å²) in [5, 5.41) is 12.9. The van der Waals surface area contributed by atoms with Gasteiger partial charge in [-0.15, -0.1) is 0 Å². The minimum atomic E-state index is -0.587. The molecule has 4 heteroatoms. The molecule has 0 spiro atoms. The van der Waals surface area contributed by atoms with E-state index in [0.29, 0.717) is 12.1 Å². The van der Waals surface area contributed by atoms with Gasteiger partial charge < -0.3 is 10.4 Å². The summed E-state index contributed by atoms with van der Waals surface area (Å²) in [5.41, 5.74) is 1.70. The molecular formula is C15H15BrFNO. The van der Waals surface area contributed by atoms with E-state index in [9.17, 15) is 9.50 Å². The minimum absolute atomic E-state index is 0.121. The summed E-state index contributed by atoms with van der Waals surface area (Å²) < 4.78 is 14.2. The molecule has 1 atom stereocenters. The van der Waals surface area contributed by atoms with E-state index in [4.69, 9.17) is 0 Å². The van der Waals surface area contributed by atoms with Crippen LogP contribution in [-0.2, 0) is 6.54 Å². The molecular weight excluding hydrogens is 309 g/mol. The maximum absolute atomic E-state index is 13.2. The van der Waals surface area contributed by atoms with E-state index in [2.05, 4.69) is 21.2 Å². The van der Waals surface area contributed by atoms with Crippen molar-refractivity contribution in [2.75, 3.05) is 0 Å². The Bertz CT molecular complexity index is 557. The Kier molecular flexibility index (Phi) is 4.56. The van der Waals surface area contributed by atoms with Gasteiger partial charge in [-0.1, -0.05) is 40.2 Å². The lowest BCUT2D eigenvalue weighted by atomic mass is 10.1. The van der Waals surface area contributed by atoms with Gasteiger partial charge >= 0.3 is 0 Å². The number of hydrogen-bond acceptors (Lipinski definition) is 2. The van der Waals surface area contributed by atoms with Crippen LogP contribution in [-0.4, -0.2) is 5.11 Å². The van der Waals surface area contributed by atoms with Crippen LogP contribution in [0.3, 0.4) is 0 Å². The largest absolute Gasteiger partial charge is 0.505 e. The Hall–Kier alpha value is -1.39. The molecule has 100 valence electrons. The van der Waals surface area contributed by atoms with Gasteiger partial charge in [-0.25, -0.2) is 4.39 Å². The van der Waals surface area contributed by atoms with Gasteiger partial charge in [0.25, 0.3) is 0 Å². The summed E-state index contributed by atoms with van der Waals surface area (Å²) in [5.74, 6) is -0.867. The van der Waals surface area contributed by atoms with Crippen molar-refractivity contribution in [3.8, 4) is 5.75 Å². The molecule has 0 bridgehead atoms. The van der Waals surface area contributed by atoms with Gasteiger partial charge in [0, 0.05) is 22.6 Å². The molecule has 0 aliphatic heterocycles. The summed E-state index contributed by atoms with van der Waals surface area (Å²) in [6, 6.07) is 12.7. The van der Waals surface area contributed by atoms with E-state index in [-0.39, 0.29) is 11.8 Å². The number of phenolic OH excluding ortho intramolecular Hbond substituents is 1. The number of benzene rings is 2. The minimum Gasteiger partial charge on any atom is -0.505 e. The normalized spacial score (nSPS) is 12.4. The predicted octanol–water partition coefficient (Wildman–Crippen LogP) is 4.14.